The number of ether oxygens (including phenoxy) is 3. The molecule has 2 saturated heterocycles. The Kier molecular flexibility index (Phi) is 10.5. The first-order valence-corrected chi connectivity index (χ1v) is 14.2. The Bertz CT molecular complexity index is 1470. The summed E-state index contributed by atoms with van der Waals surface area (Å²) in [4.78, 5) is 18.7. The number of rotatable bonds is 10. The number of anilines is 1. The Morgan fingerprint density at radius 2 is 1.93 bits per heavy atom. The van der Waals surface area contributed by atoms with Crippen LogP contribution in [0.3, 0.4) is 0 Å². The van der Waals surface area contributed by atoms with Crippen LogP contribution in [0.15, 0.2) is 67.0 Å². The second-order valence-electron chi connectivity index (χ2n) is 9.94. The minimum Gasteiger partial charge on any atom is -0.491 e. The summed E-state index contributed by atoms with van der Waals surface area (Å²) >= 11 is 6.02. The fourth-order valence-electron chi connectivity index (χ4n) is 4.61. The van der Waals surface area contributed by atoms with Crippen molar-refractivity contribution >= 4 is 34.7 Å². The van der Waals surface area contributed by atoms with Gasteiger partial charge in [-0.05, 0) is 29.8 Å². The van der Waals surface area contributed by atoms with Gasteiger partial charge in [0.2, 0.25) is 0 Å². The third-order valence-corrected chi connectivity index (χ3v) is 7.22. The number of hydrogen-bond donors (Lipinski definition) is 3. The molecule has 6 rings (SSSR count). The molecule has 0 aliphatic carbocycles. The van der Waals surface area contributed by atoms with E-state index in [0.29, 0.717) is 31.4 Å². The standard InChI is InChI=1S/C23H25ClFN5O2.C8H8O2/c24-18-7-14(1-2-19(18)25)23-17-8-21(30-15-10-27-11-15)22(9-20(17)28-13-29-23)32-5-3-16-12-26-4-6-31-16;9-7-10-6-8-4-2-1-3-5-8/h1-2,7-9,13,15-16,26-27,30H,3-6,10-12H2;1-5,7H,6H2. The molecule has 0 radical (unpaired) electrons. The summed E-state index contributed by atoms with van der Waals surface area (Å²) < 4.78 is 30.2. The van der Waals surface area contributed by atoms with E-state index in [1.807, 2.05) is 42.5 Å². The highest BCUT2D eigenvalue weighted by molar-refractivity contribution is 6.31. The van der Waals surface area contributed by atoms with Crippen molar-refractivity contribution < 1.29 is 23.4 Å². The van der Waals surface area contributed by atoms with Gasteiger partial charge >= 0.3 is 0 Å². The smallest absolute Gasteiger partial charge is 0.293 e. The van der Waals surface area contributed by atoms with E-state index in [9.17, 15) is 9.18 Å². The van der Waals surface area contributed by atoms with Crippen molar-refractivity contribution in [1.82, 2.24) is 20.6 Å². The number of benzene rings is 3. The molecular weight excluding hydrogens is 561 g/mol. The van der Waals surface area contributed by atoms with Crippen LogP contribution in [0.4, 0.5) is 10.1 Å². The lowest BCUT2D eigenvalue weighted by Gasteiger charge is -2.30. The molecule has 0 saturated carbocycles. The van der Waals surface area contributed by atoms with Gasteiger partial charge in [0.15, 0.2) is 0 Å². The second-order valence-corrected chi connectivity index (χ2v) is 10.4. The van der Waals surface area contributed by atoms with E-state index in [2.05, 4.69) is 30.7 Å². The van der Waals surface area contributed by atoms with Crippen LogP contribution in [0.5, 0.6) is 5.75 Å². The van der Waals surface area contributed by atoms with Crippen LogP contribution in [-0.2, 0) is 20.9 Å². The third-order valence-electron chi connectivity index (χ3n) is 6.93. The van der Waals surface area contributed by atoms with Gasteiger partial charge in [0.25, 0.3) is 6.47 Å². The average molecular weight is 594 g/mol. The lowest BCUT2D eigenvalue weighted by Crippen LogP contribution is -2.51. The molecule has 220 valence electrons. The highest BCUT2D eigenvalue weighted by Gasteiger charge is 2.20. The maximum Gasteiger partial charge on any atom is 0.293 e. The topological polar surface area (TPSA) is 107 Å². The molecule has 2 aliphatic rings. The Morgan fingerprint density at radius 3 is 2.64 bits per heavy atom. The molecule has 1 aromatic heterocycles. The van der Waals surface area contributed by atoms with Gasteiger partial charge in [0.05, 0.1) is 47.3 Å². The summed E-state index contributed by atoms with van der Waals surface area (Å²) in [6.45, 7) is 5.62. The van der Waals surface area contributed by atoms with Crippen molar-refractivity contribution in [3.63, 3.8) is 0 Å². The lowest BCUT2D eigenvalue weighted by molar-refractivity contribution is -0.129. The van der Waals surface area contributed by atoms with Crippen molar-refractivity contribution in [2.45, 2.75) is 25.2 Å². The van der Waals surface area contributed by atoms with Crippen LogP contribution in [0.1, 0.15) is 12.0 Å². The Balaban J connectivity index is 0.000000300. The zero-order chi connectivity index (χ0) is 29.1. The number of aromatic nitrogens is 2. The number of morpholine rings is 1. The quantitative estimate of drug-likeness (QED) is 0.228. The molecule has 2 aliphatic heterocycles. The van der Waals surface area contributed by atoms with Crippen molar-refractivity contribution in [2.75, 3.05) is 44.7 Å². The Morgan fingerprint density at radius 1 is 1.07 bits per heavy atom. The fraction of sp³-hybridized carbons (Fsp3) is 0.323. The SMILES string of the molecule is Fc1ccc(-c2ncnc3cc(OCCC4CNCCO4)c(NC4CNC4)cc23)cc1Cl.O=COCc1ccccc1. The second kappa shape index (κ2) is 14.9. The average Bonchev–Trinajstić information content (AvgIpc) is 3.00. The van der Waals surface area contributed by atoms with E-state index in [1.165, 1.54) is 12.4 Å². The molecule has 0 bridgehead atoms. The van der Waals surface area contributed by atoms with Gasteiger partial charge in [0, 0.05) is 49.6 Å². The van der Waals surface area contributed by atoms with Gasteiger partial charge in [-0.3, -0.25) is 4.79 Å². The summed E-state index contributed by atoms with van der Waals surface area (Å²) in [6.07, 6.45) is 2.47. The maximum absolute atomic E-state index is 13.7. The monoisotopic (exact) mass is 593 g/mol. The van der Waals surface area contributed by atoms with E-state index < -0.39 is 5.82 Å². The summed E-state index contributed by atoms with van der Waals surface area (Å²) in [5.41, 5.74) is 4.07. The molecule has 2 fully saturated rings. The highest BCUT2D eigenvalue weighted by Crippen LogP contribution is 2.35. The summed E-state index contributed by atoms with van der Waals surface area (Å²) in [6, 6.07) is 18.4. The number of carbonyl (C=O) groups excluding carboxylic acids is 1. The van der Waals surface area contributed by atoms with Crippen LogP contribution in [0.25, 0.3) is 22.2 Å². The van der Waals surface area contributed by atoms with Crippen molar-refractivity contribution in [3.8, 4) is 17.0 Å². The Hall–Kier alpha value is -3.83. The number of carbonyl (C=O) groups is 1. The first-order chi connectivity index (χ1) is 20.6. The van der Waals surface area contributed by atoms with Gasteiger partial charge in [-0.15, -0.1) is 0 Å². The molecular formula is C31H33ClFN5O4. The van der Waals surface area contributed by atoms with Crippen molar-refractivity contribution in [2.24, 2.45) is 0 Å². The van der Waals surface area contributed by atoms with Gasteiger partial charge < -0.3 is 30.2 Å². The fourth-order valence-corrected chi connectivity index (χ4v) is 4.79. The molecule has 1 unspecified atom stereocenters. The van der Waals surface area contributed by atoms with Crippen LogP contribution >= 0.6 is 11.6 Å². The predicted octanol–water partition coefficient (Wildman–Crippen LogP) is 4.59. The van der Waals surface area contributed by atoms with Crippen molar-refractivity contribution in [3.05, 3.63) is 83.4 Å². The van der Waals surface area contributed by atoms with Gasteiger partial charge in [-0.25, -0.2) is 14.4 Å². The zero-order valence-electron chi connectivity index (χ0n) is 23.0. The first kappa shape index (κ1) is 29.7. The highest BCUT2D eigenvalue weighted by atomic mass is 35.5. The molecule has 3 aromatic carbocycles. The molecule has 0 spiro atoms. The molecule has 0 amide bonds. The van der Waals surface area contributed by atoms with E-state index in [-0.39, 0.29) is 11.1 Å². The van der Waals surface area contributed by atoms with E-state index >= 15 is 0 Å². The van der Waals surface area contributed by atoms with E-state index in [1.54, 1.807) is 12.1 Å². The summed E-state index contributed by atoms with van der Waals surface area (Å²) in [5.74, 6) is 0.288. The molecule has 9 nitrogen and oxygen atoms in total. The first-order valence-electron chi connectivity index (χ1n) is 13.9. The minimum absolute atomic E-state index is 0.0625. The molecule has 3 heterocycles. The number of fused-ring (bicyclic) bond motifs is 1. The Labute approximate surface area is 248 Å². The van der Waals surface area contributed by atoms with Gasteiger partial charge in [-0.2, -0.15) is 0 Å². The third kappa shape index (κ3) is 7.92. The van der Waals surface area contributed by atoms with Gasteiger partial charge in [0.1, 0.15) is 24.5 Å². The van der Waals surface area contributed by atoms with Crippen LogP contribution in [0.2, 0.25) is 5.02 Å². The number of nitrogens with one attached hydrogen (secondary N) is 3. The number of halogens is 2. The lowest BCUT2D eigenvalue weighted by atomic mass is 10.0. The van der Waals surface area contributed by atoms with Crippen LogP contribution in [-0.4, -0.2) is 68.0 Å². The summed E-state index contributed by atoms with van der Waals surface area (Å²) in [5, 5.41) is 11.1. The molecule has 3 N–H and O–H groups in total. The van der Waals surface area contributed by atoms with Crippen LogP contribution in [0, 0.1) is 5.82 Å². The molecule has 11 heteroatoms. The van der Waals surface area contributed by atoms with Crippen molar-refractivity contribution in [1.29, 1.82) is 0 Å². The molecule has 1 atom stereocenters. The summed E-state index contributed by atoms with van der Waals surface area (Å²) in [7, 11) is 0. The normalized spacial score (nSPS) is 16.6. The minimum atomic E-state index is -0.457. The molecule has 4 aromatic rings. The zero-order valence-corrected chi connectivity index (χ0v) is 23.8. The van der Waals surface area contributed by atoms with E-state index in [0.717, 1.165) is 72.7 Å². The largest absolute Gasteiger partial charge is 0.491 e. The van der Waals surface area contributed by atoms with Crippen LogP contribution < -0.4 is 20.7 Å². The maximum atomic E-state index is 13.7. The molecule has 42 heavy (non-hydrogen) atoms. The predicted molar refractivity (Wildman–Crippen MR) is 160 cm³/mol. The number of hydrogen-bond acceptors (Lipinski definition) is 9. The van der Waals surface area contributed by atoms with E-state index in [4.69, 9.17) is 21.1 Å². The van der Waals surface area contributed by atoms with Gasteiger partial charge in [-0.1, -0.05) is 41.9 Å². The number of nitrogens with zero attached hydrogens (tertiary/aromatic N) is 2.